The highest BCUT2D eigenvalue weighted by atomic mass is 32.2. The lowest BCUT2D eigenvalue weighted by Crippen LogP contribution is -2.37. The second-order valence-corrected chi connectivity index (χ2v) is 8.78. The first-order valence-electron chi connectivity index (χ1n) is 8.71. The van der Waals surface area contributed by atoms with Gasteiger partial charge in [0.25, 0.3) is 0 Å². The van der Waals surface area contributed by atoms with Crippen molar-refractivity contribution in [1.82, 2.24) is 19.4 Å². The van der Waals surface area contributed by atoms with Crippen LogP contribution in [0.1, 0.15) is 50.1 Å². The van der Waals surface area contributed by atoms with E-state index in [9.17, 15) is 8.42 Å². The molecule has 0 radical (unpaired) electrons. The Morgan fingerprint density at radius 1 is 1.22 bits per heavy atom. The molecule has 0 spiro atoms. The quantitative estimate of drug-likeness (QED) is 0.810. The summed E-state index contributed by atoms with van der Waals surface area (Å²) in [6.45, 7) is 6.56. The maximum atomic E-state index is 12.4. The standard InChI is InChI=1S/C16H28N4O2S/c1-4-15-14(16(5-2)19(3)17-15)11-20-9-8-13(10-20)23(21,22)18-12-6-7-12/h12-13,18H,4-11H2,1-3H3/t13-/m0/s1. The summed E-state index contributed by atoms with van der Waals surface area (Å²) in [5.41, 5.74) is 3.71. The van der Waals surface area contributed by atoms with E-state index in [0.717, 1.165) is 50.9 Å². The molecule has 6 nitrogen and oxygen atoms in total. The van der Waals surface area contributed by atoms with Crippen LogP contribution in [0.5, 0.6) is 0 Å². The van der Waals surface area contributed by atoms with Gasteiger partial charge < -0.3 is 0 Å². The van der Waals surface area contributed by atoms with Gasteiger partial charge in [0.15, 0.2) is 0 Å². The second-order valence-electron chi connectivity index (χ2n) is 6.79. The summed E-state index contributed by atoms with van der Waals surface area (Å²) in [6.07, 6.45) is 4.58. The summed E-state index contributed by atoms with van der Waals surface area (Å²) < 4.78 is 29.6. The molecule has 1 aromatic rings. The first-order chi connectivity index (χ1) is 10.9. The zero-order valence-corrected chi connectivity index (χ0v) is 15.2. The third kappa shape index (κ3) is 3.61. The predicted octanol–water partition coefficient (Wildman–Crippen LogP) is 1.20. The summed E-state index contributed by atoms with van der Waals surface area (Å²) in [5.74, 6) is 0. The van der Waals surface area contributed by atoms with Crippen molar-refractivity contribution in [2.75, 3.05) is 13.1 Å². The van der Waals surface area contributed by atoms with Crippen LogP contribution in [-0.4, -0.2) is 47.5 Å². The third-order valence-corrected chi connectivity index (χ3v) is 6.91. The van der Waals surface area contributed by atoms with Crippen molar-refractivity contribution < 1.29 is 8.42 Å². The fraction of sp³-hybridized carbons (Fsp3) is 0.812. The van der Waals surface area contributed by atoms with Crippen LogP contribution in [0.3, 0.4) is 0 Å². The van der Waals surface area contributed by atoms with E-state index in [4.69, 9.17) is 0 Å². The molecule has 1 aromatic heterocycles. The molecule has 130 valence electrons. The molecule has 0 bridgehead atoms. The van der Waals surface area contributed by atoms with Gasteiger partial charge in [0.1, 0.15) is 0 Å². The Balaban J connectivity index is 1.68. The van der Waals surface area contributed by atoms with Crippen LogP contribution in [-0.2, 0) is 36.5 Å². The molecular formula is C16H28N4O2S. The third-order valence-electron chi connectivity index (χ3n) is 4.99. The minimum Gasteiger partial charge on any atom is -0.298 e. The fourth-order valence-corrected chi connectivity index (χ4v) is 5.24. The highest BCUT2D eigenvalue weighted by Gasteiger charge is 2.37. The number of aromatic nitrogens is 2. The van der Waals surface area contributed by atoms with Crippen LogP contribution in [0.4, 0.5) is 0 Å². The number of aryl methyl sites for hydroxylation is 2. The highest BCUT2D eigenvalue weighted by molar-refractivity contribution is 7.90. The monoisotopic (exact) mass is 340 g/mol. The van der Waals surface area contributed by atoms with E-state index in [2.05, 4.69) is 28.6 Å². The summed E-state index contributed by atoms with van der Waals surface area (Å²) in [5, 5.41) is 4.35. The van der Waals surface area contributed by atoms with Crippen molar-refractivity contribution in [1.29, 1.82) is 0 Å². The molecule has 3 rings (SSSR count). The Morgan fingerprint density at radius 3 is 2.57 bits per heavy atom. The fourth-order valence-electron chi connectivity index (χ4n) is 3.52. The molecule has 2 heterocycles. The van der Waals surface area contributed by atoms with E-state index in [1.807, 2.05) is 11.7 Å². The van der Waals surface area contributed by atoms with Crippen LogP contribution >= 0.6 is 0 Å². The van der Waals surface area contributed by atoms with Gasteiger partial charge in [-0.3, -0.25) is 9.58 Å². The number of likely N-dealkylation sites (tertiary alicyclic amines) is 1. The van der Waals surface area contributed by atoms with Crippen molar-refractivity contribution in [3.05, 3.63) is 17.0 Å². The number of nitrogens with zero attached hydrogens (tertiary/aromatic N) is 3. The Hall–Kier alpha value is -0.920. The summed E-state index contributed by atoms with van der Waals surface area (Å²) in [6, 6.07) is 0.200. The lowest BCUT2D eigenvalue weighted by atomic mass is 10.1. The maximum absolute atomic E-state index is 12.4. The van der Waals surface area contributed by atoms with E-state index < -0.39 is 10.0 Å². The number of sulfonamides is 1. The van der Waals surface area contributed by atoms with E-state index in [0.29, 0.717) is 6.54 Å². The van der Waals surface area contributed by atoms with Gasteiger partial charge in [0.2, 0.25) is 10.0 Å². The molecule has 23 heavy (non-hydrogen) atoms. The SMILES string of the molecule is CCc1nn(C)c(CC)c1CN1CC[C@H](S(=O)(=O)NC2CC2)C1. The van der Waals surface area contributed by atoms with Crippen molar-refractivity contribution in [3.63, 3.8) is 0 Å². The molecule has 1 saturated heterocycles. The van der Waals surface area contributed by atoms with Crippen molar-refractivity contribution in [2.45, 2.75) is 63.8 Å². The maximum Gasteiger partial charge on any atom is 0.216 e. The Bertz CT molecular complexity index is 664. The summed E-state index contributed by atoms with van der Waals surface area (Å²) in [4.78, 5) is 2.27. The van der Waals surface area contributed by atoms with Gasteiger partial charge in [-0.15, -0.1) is 0 Å². The van der Waals surface area contributed by atoms with Gasteiger partial charge in [0, 0.05) is 37.4 Å². The first-order valence-corrected chi connectivity index (χ1v) is 10.3. The van der Waals surface area contributed by atoms with Crippen molar-refractivity contribution in [2.24, 2.45) is 7.05 Å². The van der Waals surface area contributed by atoms with Gasteiger partial charge in [-0.05, 0) is 38.6 Å². The number of hydrogen-bond donors (Lipinski definition) is 1. The molecule has 0 amide bonds. The smallest absolute Gasteiger partial charge is 0.216 e. The van der Waals surface area contributed by atoms with Crippen LogP contribution in [0.15, 0.2) is 0 Å². The topological polar surface area (TPSA) is 67.2 Å². The van der Waals surface area contributed by atoms with Gasteiger partial charge in [-0.25, -0.2) is 13.1 Å². The predicted molar refractivity (Wildman–Crippen MR) is 90.7 cm³/mol. The van der Waals surface area contributed by atoms with Crippen molar-refractivity contribution in [3.8, 4) is 0 Å². The minimum atomic E-state index is -3.16. The average molecular weight is 340 g/mol. The molecule has 1 aliphatic heterocycles. The average Bonchev–Trinajstić information content (AvgIpc) is 3.07. The van der Waals surface area contributed by atoms with Gasteiger partial charge in [-0.1, -0.05) is 13.8 Å². The number of rotatable bonds is 7. The lowest BCUT2D eigenvalue weighted by molar-refractivity contribution is 0.329. The Labute approximate surface area is 139 Å². The molecule has 0 aromatic carbocycles. The van der Waals surface area contributed by atoms with E-state index in [1.54, 1.807) is 0 Å². The van der Waals surface area contributed by atoms with Gasteiger partial charge in [0.05, 0.1) is 10.9 Å². The molecule has 1 saturated carbocycles. The number of nitrogens with one attached hydrogen (secondary N) is 1. The highest BCUT2D eigenvalue weighted by Crippen LogP contribution is 2.25. The zero-order chi connectivity index (χ0) is 16.6. The van der Waals surface area contributed by atoms with Crippen LogP contribution in [0.25, 0.3) is 0 Å². The molecule has 7 heteroatoms. The first kappa shape index (κ1) is 16.9. The normalized spacial score (nSPS) is 22.8. The molecule has 1 atom stereocenters. The molecule has 2 aliphatic rings. The Morgan fingerprint density at radius 2 is 1.96 bits per heavy atom. The lowest BCUT2D eigenvalue weighted by Gasteiger charge is -2.17. The van der Waals surface area contributed by atoms with E-state index >= 15 is 0 Å². The van der Waals surface area contributed by atoms with Gasteiger partial charge >= 0.3 is 0 Å². The molecular weight excluding hydrogens is 312 g/mol. The Kier molecular flexibility index (Phi) is 4.80. The molecule has 1 N–H and O–H groups in total. The van der Waals surface area contributed by atoms with Crippen LogP contribution in [0.2, 0.25) is 0 Å². The minimum absolute atomic E-state index is 0.200. The second kappa shape index (κ2) is 6.53. The molecule has 0 unspecified atom stereocenters. The molecule has 2 fully saturated rings. The summed E-state index contributed by atoms with van der Waals surface area (Å²) >= 11 is 0. The van der Waals surface area contributed by atoms with Crippen LogP contribution < -0.4 is 4.72 Å². The zero-order valence-electron chi connectivity index (χ0n) is 14.4. The number of hydrogen-bond acceptors (Lipinski definition) is 4. The largest absolute Gasteiger partial charge is 0.298 e. The van der Waals surface area contributed by atoms with Gasteiger partial charge in [-0.2, -0.15) is 5.10 Å². The van der Waals surface area contributed by atoms with Crippen molar-refractivity contribution >= 4 is 10.0 Å². The molecule has 1 aliphatic carbocycles. The van der Waals surface area contributed by atoms with Crippen LogP contribution in [0, 0.1) is 0 Å². The van der Waals surface area contributed by atoms with E-state index in [-0.39, 0.29) is 11.3 Å². The van der Waals surface area contributed by atoms with E-state index in [1.165, 1.54) is 11.3 Å². The summed E-state index contributed by atoms with van der Waals surface area (Å²) in [7, 11) is -1.16.